The second kappa shape index (κ2) is 4.12. The van der Waals surface area contributed by atoms with Crippen molar-refractivity contribution in [2.45, 2.75) is 33.1 Å². The maximum atomic E-state index is 4.38. The van der Waals surface area contributed by atoms with E-state index in [1.807, 2.05) is 6.20 Å². The van der Waals surface area contributed by atoms with Crippen molar-refractivity contribution in [1.82, 2.24) is 4.98 Å². The minimum Gasteiger partial charge on any atom is -0.369 e. The van der Waals surface area contributed by atoms with Gasteiger partial charge in [0.25, 0.3) is 0 Å². The minimum absolute atomic E-state index is 0.501. The van der Waals surface area contributed by atoms with Crippen LogP contribution in [0.15, 0.2) is 16.7 Å². The molecule has 0 spiro atoms. The van der Waals surface area contributed by atoms with Crippen molar-refractivity contribution >= 4 is 21.7 Å². The van der Waals surface area contributed by atoms with Gasteiger partial charge in [-0.1, -0.05) is 13.3 Å². The summed E-state index contributed by atoms with van der Waals surface area (Å²) < 4.78 is 1.04. The van der Waals surface area contributed by atoms with Gasteiger partial charge in [0.1, 0.15) is 5.82 Å². The Morgan fingerprint density at radius 2 is 2.27 bits per heavy atom. The number of pyridine rings is 1. The molecule has 0 aromatic carbocycles. The van der Waals surface area contributed by atoms with Crippen LogP contribution in [0.4, 0.5) is 5.82 Å². The largest absolute Gasteiger partial charge is 0.369 e. The molecule has 0 radical (unpaired) electrons. The number of anilines is 1. The molecule has 0 aliphatic heterocycles. The smallest absolute Gasteiger partial charge is 0.128 e. The van der Waals surface area contributed by atoms with Crippen molar-refractivity contribution in [2.24, 2.45) is 5.41 Å². The highest BCUT2D eigenvalue weighted by atomic mass is 79.9. The molecule has 0 unspecified atom stereocenters. The number of halogens is 1. The highest BCUT2D eigenvalue weighted by molar-refractivity contribution is 9.10. The number of hydrogen-bond acceptors (Lipinski definition) is 2. The van der Waals surface area contributed by atoms with Crippen molar-refractivity contribution in [3.8, 4) is 0 Å². The fraction of sp³-hybridized carbons (Fsp3) is 0.583. The summed E-state index contributed by atoms with van der Waals surface area (Å²) in [6.07, 6.45) is 5.91. The Bertz CT molecular complexity index is 359. The summed E-state index contributed by atoms with van der Waals surface area (Å²) in [5.74, 6) is 1.02. The van der Waals surface area contributed by atoms with E-state index in [4.69, 9.17) is 0 Å². The molecule has 82 valence electrons. The molecular formula is C12H17BrN2. The summed E-state index contributed by atoms with van der Waals surface area (Å²) in [5.41, 5.74) is 1.70. The molecule has 1 heterocycles. The van der Waals surface area contributed by atoms with Gasteiger partial charge >= 0.3 is 0 Å². The van der Waals surface area contributed by atoms with E-state index in [9.17, 15) is 0 Å². The lowest BCUT2D eigenvalue weighted by Crippen LogP contribution is -2.33. The van der Waals surface area contributed by atoms with Crippen LogP contribution in [0.3, 0.4) is 0 Å². The predicted molar refractivity (Wildman–Crippen MR) is 67.1 cm³/mol. The highest BCUT2D eigenvalue weighted by Gasteiger charge is 2.31. The standard InChI is InChI=1S/C12H17BrN2/c1-9-6-10(13)7-14-11(9)15-8-12(2)4-3-5-12/h6-7H,3-5,8H2,1-2H3,(H,14,15). The molecule has 1 fully saturated rings. The molecule has 1 saturated carbocycles. The molecule has 15 heavy (non-hydrogen) atoms. The van der Waals surface area contributed by atoms with Gasteiger partial charge in [0.05, 0.1) is 0 Å². The maximum Gasteiger partial charge on any atom is 0.128 e. The summed E-state index contributed by atoms with van der Waals surface area (Å²) in [5, 5.41) is 3.45. The molecule has 3 heteroatoms. The van der Waals surface area contributed by atoms with E-state index in [-0.39, 0.29) is 0 Å². The lowest BCUT2D eigenvalue weighted by atomic mass is 9.70. The lowest BCUT2D eigenvalue weighted by Gasteiger charge is -2.38. The number of aromatic nitrogens is 1. The maximum absolute atomic E-state index is 4.38. The molecule has 2 rings (SSSR count). The average Bonchev–Trinajstić information content (AvgIpc) is 2.14. The Balaban J connectivity index is 1.98. The summed E-state index contributed by atoms with van der Waals surface area (Å²) in [4.78, 5) is 4.38. The van der Waals surface area contributed by atoms with Crippen molar-refractivity contribution in [3.63, 3.8) is 0 Å². The van der Waals surface area contributed by atoms with E-state index in [2.05, 4.69) is 46.1 Å². The van der Waals surface area contributed by atoms with Crippen molar-refractivity contribution in [3.05, 3.63) is 22.3 Å². The first-order chi connectivity index (χ1) is 7.09. The molecule has 1 aliphatic carbocycles. The SMILES string of the molecule is Cc1cc(Br)cnc1NCC1(C)CCC1. The number of aryl methyl sites for hydroxylation is 1. The van der Waals surface area contributed by atoms with Crippen LogP contribution in [0.1, 0.15) is 31.7 Å². The first-order valence-electron chi connectivity index (χ1n) is 5.45. The average molecular weight is 269 g/mol. The van der Waals surface area contributed by atoms with Gasteiger partial charge in [0.15, 0.2) is 0 Å². The van der Waals surface area contributed by atoms with E-state index in [0.29, 0.717) is 5.41 Å². The Morgan fingerprint density at radius 3 is 2.80 bits per heavy atom. The van der Waals surface area contributed by atoms with Gasteiger partial charge in [-0.05, 0) is 52.7 Å². The molecule has 1 aromatic heterocycles. The number of hydrogen-bond donors (Lipinski definition) is 1. The topological polar surface area (TPSA) is 24.9 Å². The Hall–Kier alpha value is -0.570. The van der Waals surface area contributed by atoms with Crippen LogP contribution in [0.25, 0.3) is 0 Å². The second-order valence-corrected chi connectivity index (χ2v) is 5.75. The van der Waals surface area contributed by atoms with Gasteiger partial charge in [0, 0.05) is 17.2 Å². The third-order valence-corrected chi connectivity index (χ3v) is 3.72. The molecule has 2 nitrogen and oxygen atoms in total. The monoisotopic (exact) mass is 268 g/mol. The zero-order valence-electron chi connectivity index (χ0n) is 9.31. The molecule has 1 aliphatic rings. The lowest BCUT2D eigenvalue weighted by molar-refractivity contribution is 0.180. The van der Waals surface area contributed by atoms with Gasteiger partial charge in [-0.3, -0.25) is 0 Å². The summed E-state index contributed by atoms with van der Waals surface area (Å²) in [7, 11) is 0. The zero-order chi connectivity index (χ0) is 10.9. The molecule has 1 N–H and O–H groups in total. The molecular weight excluding hydrogens is 252 g/mol. The van der Waals surface area contributed by atoms with Crippen LogP contribution in [0, 0.1) is 12.3 Å². The van der Waals surface area contributed by atoms with E-state index in [1.165, 1.54) is 24.8 Å². The molecule has 0 saturated heterocycles. The Kier molecular flexibility index (Phi) is 3.01. The minimum atomic E-state index is 0.501. The quantitative estimate of drug-likeness (QED) is 0.903. The predicted octanol–water partition coefficient (Wildman–Crippen LogP) is 3.75. The third-order valence-electron chi connectivity index (χ3n) is 3.29. The number of nitrogens with zero attached hydrogens (tertiary/aromatic N) is 1. The summed E-state index contributed by atoms with van der Waals surface area (Å²) in [6.45, 7) is 5.48. The van der Waals surface area contributed by atoms with E-state index >= 15 is 0 Å². The van der Waals surface area contributed by atoms with Gasteiger partial charge in [-0.15, -0.1) is 0 Å². The van der Waals surface area contributed by atoms with Crippen LogP contribution in [0.5, 0.6) is 0 Å². The first-order valence-corrected chi connectivity index (χ1v) is 6.24. The van der Waals surface area contributed by atoms with Crippen LogP contribution >= 0.6 is 15.9 Å². The van der Waals surface area contributed by atoms with E-state index in [1.54, 1.807) is 0 Å². The van der Waals surface area contributed by atoms with Gasteiger partial charge in [-0.25, -0.2) is 4.98 Å². The Morgan fingerprint density at radius 1 is 1.53 bits per heavy atom. The van der Waals surface area contributed by atoms with Gasteiger partial charge in [0.2, 0.25) is 0 Å². The summed E-state index contributed by atoms with van der Waals surface area (Å²) >= 11 is 3.42. The van der Waals surface area contributed by atoms with Crippen LogP contribution in [0.2, 0.25) is 0 Å². The number of rotatable bonds is 3. The van der Waals surface area contributed by atoms with Crippen LogP contribution < -0.4 is 5.32 Å². The van der Waals surface area contributed by atoms with Crippen molar-refractivity contribution < 1.29 is 0 Å². The second-order valence-electron chi connectivity index (χ2n) is 4.84. The normalized spacial score (nSPS) is 18.3. The van der Waals surface area contributed by atoms with Gasteiger partial charge < -0.3 is 5.32 Å². The highest BCUT2D eigenvalue weighted by Crippen LogP contribution is 2.40. The summed E-state index contributed by atoms with van der Waals surface area (Å²) in [6, 6.07) is 2.10. The molecule has 0 bridgehead atoms. The van der Waals surface area contributed by atoms with E-state index in [0.717, 1.165) is 16.8 Å². The molecule has 1 aromatic rings. The number of nitrogens with one attached hydrogen (secondary N) is 1. The van der Waals surface area contributed by atoms with Crippen molar-refractivity contribution in [2.75, 3.05) is 11.9 Å². The molecule has 0 atom stereocenters. The molecule has 0 amide bonds. The van der Waals surface area contributed by atoms with E-state index < -0.39 is 0 Å². The Labute approximate surface area is 99.6 Å². The first kappa shape index (κ1) is 10.9. The fourth-order valence-electron chi connectivity index (χ4n) is 1.98. The van der Waals surface area contributed by atoms with Crippen LogP contribution in [-0.2, 0) is 0 Å². The zero-order valence-corrected chi connectivity index (χ0v) is 10.9. The van der Waals surface area contributed by atoms with Crippen LogP contribution in [-0.4, -0.2) is 11.5 Å². The van der Waals surface area contributed by atoms with Crippen molar-refractivity contribution in [1.29, 1.82) is 0 Å². The van der Waals surface area contributed by atoms with Gasteiger partial charge in [-0.2, -0.15) is 0 Å². The third kappa shape index (κ3) is 2.51. The fourth-order valence-corrected chi connectivity index (χ4v) is 2.43.